The van der Waals surface area contributed by atoms with Crippen LogP contribution in [0, 0.1) is 11.6 Å². The van der Waals surface area contributed by atoms with Crippen molar-refractivity contribution in [3.8, 4) is 0 Å². The molecule has 3 rings (SSSR count). The smallest absolute Gasteiger partial charge is 0.255 e. The summed E-state index contributed by atoms with van der Waals surface area (Å²) in [5, 5.41) is 2.48. The first kappa shape index (κ1) is 18.5. The molecule has 0 aliphatic carbocycles. The zero-order valence-corrected chi connectivity index (χ0v) is 14.7. The maximum absolute atomic E-state index is 13.3. The second-order valence-electron chi connectivity index (χ2n) is 6.04. The number of carbonyl (C=O) groups is 1. The second-order valence-corrected chi connectivity index (χ2v) is 7.95. The van der Waals surface area contributed by atoms with E-state index < -0.39 is 27.6 Å². The van der Waals surface area contributed by atoms with Gasteiger partial charge in [-0.15, -0.1) is 0 Å². The van der Waals surface area contributed by atoms with Gasteiger partial charge in [0.2, 0.25) is 10.0 Å². The second kappa shape index (κ2) is 7.51. The van der Waals surface area contributed by atoms with Gasteiger partial charge in [-0.05, 0) is 43.2 Å². The molecule has 0 saturated carbocycles. The molecule has 1 aliphatic heterocycles. The minimum atomic E-state index is -3.75. The van der Waals surface area contributed by atoms with Gasteiger partial charge in [0.05, 0.1) is 5.69 Å². The molecule has 2 aromatic rings. The van der Waals surface area contributed by atoms with Gasteiger partial charge in [0.1, 0.15) is 4.90 Å². The van der Waals surface area contributed by atoms with Crippen molar-refractivity contribution in [2.24, 2.45) is 0 Å². The number of hydrogen-bond donors (Lipinski definition) is 1. The first-order valence-electron chi connectivity index (χ1n) is 8.25. The summed E-state index contributed by atoms with van der Waals surface area (Å²) in [6.45, 7) is 0.877. The summed E-state index contributed by atoms with van der Waals surface area (Å²) in [5.74, 6) is -2.92. The van der Waals surface area contributed by atoms with Crippen LogP contribution in [0.3, 0.4) is 0 Å². The highest BCUT2D eigenvalue weighted by Crippen LogP contribution is 2.27. The minimum Gasteiger partial charge on any atom is -0.321 e. The summed E-state index contributed by atoms with van der Waals surface area (Å²) in [7, 11) is -3.75. The molecule has 8 heteroatoms. The molecule has 0 unspecified atom stereocenters. The molecule has 1 amide bonds. The third kappa shape index (κ3) is 3.76. The summed E-state index contributed by atoms with van der Waals surface area (Å²) >= 11 is 0. The van der Waals surface area contributed by atoms with E-state index in [1.165, 1.54) is 16.4 Å². The van der Waals surface area contributed by atoms with Gasteiger partial charge >= 0.3 is 0 Å². The topological polar surface area (TPSA) is 66.5 Å². The first-order chi connectivity index (χ1) is 12.4. The molecule has 0 radical (unpaired) electrons. The Bertz CT molecular complexity index is 926. The largest absolute Gasteiger partial charge is 0.321 e. The molecular weight excluding hydrogens is 362 g/mol. The number of hydrogen-bond acceptors (Lipinski definition) is 3. The molecular formula is C18H18F2N2O3S. The number of benzene rings is 2. The minimum absolute atomic E-state index is 0.0159. The number of halogens is 2. The van der Waals surface area contributed by atoms with Crippen LogP contribution in [0.25, 0.3) is 0 Å². The fourth-order valence-corrected chi connectivity index (χ4v) is 4.54. The number of rotatable bonds is 4. The first-order valence-corrected chi connectivity index (χ1v) is 9.69. The van der Waals surface area contributed by atoms with E-state index in [1.807, 2.05) is 0 Å². The third-order valence-electron chi connectivity index (χ3n) is 4.25. The van der Waals surface area contributed by atoms with Crippen LogP contribution in [-0.4, -0.2) is 31.7 Å². The number of para-hydroxylation sites is 1. The lowest BCUT2D eigenvalue weighted by molar-refractivity contribution is 0.102. The molecule has 5 nitrogen and oxygen atoms in total. The standard InChI is InChI=1S/C18H18F2N2O3S/c19-14-9-8-13(12-15(14)20)18(23)21-16-6-2-3-7-17(16)26(24,25)22-10-4-1-5-11-22/h2-3,6-9,12H,1,4-5,10-11H2,(H,21,23). The van der Waals surface area contributed by atoms with Crippen LogP contribution in [0.1, 0.15) is 29.6 Å². The van der Waals surface area contributed by atoms with E-state index in [0.29, 0.717) is 13.1 Å². The predicted octanol–water partition coefficient (Wildman–Crippen LogP) is 3.39. The van der Waals surface area contributed by atoms with E-state index in [4.69, 9.17) is 0 Å². The Morgan fingerprint density at radius 1 is 0.962 bits per heavy atom. The van der Waals surface area contributed by atoms with Gasteiger partial charge in [0.15, 0.2) is 11.6 Å². The molecule has 1 N–H and O–H groups in total. The summed E-state index contributed by atoms with van der Waals surface area (Å²) in [5.41, 5.74) is 0.00174. The number of piperidine rings is 1. The lowest BCUT2D eigenvalue weighted by atomic mass is 10.2. The third-order valence-corrected chi connectivity index (χ3v) is 6.21. The van der Waals surface area contributed by atoms with Gasteiger partial charge in [0, 0.05) is 18.7 Å². The van der Waals surface area contributed by atoms with Gasteiger partial charge in [-0.1, -0.05) is 18.6 Å². The maximum atomic E-state index is 13.3. The van der Waals surface area contributed by atoms with Crippen molar-refractivity contribution in [2.75, 3.05) is 18.4 Å². The van der Waals surface area contributed by atoms with Crippen molar-refractivity contribution in [1.82, 2.24) is 4.31 Å². The predicted molar refractivity (Wildman–Crippen MR) is 93.4 cm³/mol. The van der Waals surface area contributed by atoms with E-state index in [1.54, 1.807) is 12.1 Å². The molecule has 2 aromatic carbocycles. The van der Waals surface area contributed by atoms with Crippen LogP contribution in [0.2, 0.25) is 0 Å². The highest BCUT2D eigenvalue weighted by molar-refractivity contribution is 7.89. The highest BCUT2D eigenvalue weighted by Gasteiger charge is 2.28. The molecule has 1 fully saturated rings. The summed E-state index contributed by atoms with van der Waals surface area (Å²) in [4.78, 5) is 12.3. The van der Waals surface area contributed by atoms with Crippen molar-refractivity contribution in [3.05, 3.63) is 59.7 Å². The average molecular weight is 380 g/mol. The fourth-order valence-electron chi connectivity index (χ4n) is 2.87. The van der Waals surface area contributed by atoms with Gasteiger partial charge in [-0.2, -0.15) is 4.31 Å². The van der Waals surface area contributed by atoms with Crippen molar-refractivity contribution in [1.29, 1.82) is 0 Å². The van der Waals surface area contributed by atoms with Gasteiger partial charge in [-0.25, -0.2) is 17.2 Å². The lowest BCUT2D eigenvalue weighted by Crippen LogP contribution is -2.36. The normalized spacial score (nSPS) is 15.6. The Balaban J connectivity index is 1.89. The van der Waals surface area contributed by atoms with E-state index in [0.717, 1.165) is 37.5 Å². The highest BCUT2D eigenvalue weighted by atomic mass is 32.2. The van der Waals surface area contributed by atoms with Crippen molar-refractivity contribution in [3.63, 3.8) is 0 Å². The molecule has 0 spiro atoms. The van der Waals surface area contributed by atoms with E-state index in [2.05, 4.69) is 5.32 Å². The number of nitrogens with one attached hydrogen (secondary N) is 1. The van der Waals surface area contributed by atoms with Crippen LogP contribution in [-0.2, 0) is 10.0 Å². The summed E-state index contributed by atoms with van der Waals surface area (Å²) < 4.78 is 53.5. The molecule has 138 valence electrons. The Morgan fingerprint density at radius 3 is 2.35 bits per heavy atom. The Morgan fingerprint density at radius 2 is 1.65 bits per heavy atom. The van der Waals surface area contributed by atoms with Crippen LogP contribution in [0.5, 0.6) is 0 Å². The van der Waals surface area contributed by atoms with E-state index in [-0.39, 0.29) is 16.1 Å². The Kier molecular flexibility index (Phi) is 5.33. The van der Waals surface area contributed by atoms with Crippen LogP contribution < -0.4 is 5.32 Å². The number of carbonyl (C=O) groups excluding carboxylic acids is 1. The molecule has 1 heterocycles. The Labute approximate surface area is 150 Å². The van der Waals surface area contributed by atoms with Gasteiger partial charge in [-0.3, -0.25) is 4.79 Å². The number of amides is 1. The summed E-state index contributed by atoms with van der Waals surface area (Å²) in [6.07, 6.45) is 2.58. The lowest BCUT2D eigenvalue weighted by Gasteiger charge is -2.26. The quantitative estimate of drug-likeness (QED) is 0.884. The molecule has 1 aliphatic rings. The van der Waals surface area contributed by atoms with Crippen LogP contribution in [0.15, 0.2) is 47.4 Å². The van der Waals surface area contributed by atoms with Gasteiger partial charge < -0.3 is 5.32 Å². The average Bonchev–Trinajstić information content (AvgIpc) is 2.65. The Hall–Kier alpha value is -2.32. The SMILES string of the molecule is O=C(Nc1ccccc1S(=O)(=O)N1CCCCC1)c1ccc(F)c(F)c1. The van der Waals surface area contributed by atoms with Gasteiger partial charge in [0.25, 0.3) is 5.91 Å². The van der Waals surface area contributed by atoms with Crippen molar-refractivity contribution >= 4 is 21.6 Å². The molecule has 1 saturated heterocycles. The number of anilines is 1. The zero-order chi connectivity index (χ0) is 18.7. The maximum Gasteiger partial charge on any atom is 0.255 e. The molecule has 0 atom stereocenters. The number of sulfonamides is 1. The van der Waals surface area contributed by atoms with Crippen molar-refractivity contribution in [2.45, 2.75) is 24.2 Å². The molecule has 26 heavy (non-hydrogen) atoms. The zero-order valence-electron chi connectivity index (χ0n) is 13.9. The number of nitrogens with zero attached hydrogens (tertiary/aromatic N) is 1. The molecule has 0 bridgehead atoms. The van der Waals surface area contributed by atoms with Crippen molar-refractivity contribution < 1.29 is 22.0 Å². The summed E-state index contributed by atoms with van der Waals surface area (Å²) in [6, 6.07) is 8.81. The van der Waals surface area contributed by atoms with E-state index in [9.17, 15) is 22.0 Å². The van der Waals surface area contributed by atoms with Crippen LogP contribution in [0.4, 0.5) is 14.5 Å². The fraction of sp³-hybridized carbons (Fsp3) is 0.278. The monoisotopic (exact) mass is 380 g/mol. The van der Waals surface area contributed by atoms with Crippen LogP contribution >= 0.6 is 0 Å². The van der Waals surface area contributed by atoms with E-state index >= 15 is 0 Å². The molecule has 0 aromatic heterocycles.